The van der Waals surface area contributed by atoms with E-state index in [-0.39, 0.29) is 5.78 Å². The zero-order valence-electron chi connectivity index (χ0n) is 10.8. The second-order valence-electron chi connectivity index (χ2n) is 5.47. The van der Waals surface area contributed by atoms with Gasteiger partial charge in [-0.3, -0.25) is 4.79 Å². The Morgan fingerprint density at radius 1 is 1.24 bits per heavy atom. The van der Waals surface area contributed by atoms with Gasteiger partial charge in [0.25, 0.3) is 0 Å². The first-order valence-corrected chi connectivity index (χ1v) is 9.38. The lowest BCUT2D eigenvalue weighted by molar-refractivity contribution is 0.0998. The Morgan fingerprint density at radius 2 is 1.88 bits per heavy atom. The predicted molar refractivity (Wildman–Crippen MR) is 72.3 cm³/mol. The first-order chi connectivity index (χ1) is 7.91. The molecular formula is C14H18O2Si. The predicted octanol–water partition coefficient (Wildman–Crippen LogP) is 3.46. The number of ether oxygens (including phenoxy) is 1. The highest BCUT2D eigenvalue weighted by atomic mass is 28.3. The van der Waals surface area contributed by atoms with E-state index >= 15 is 0 Å². The first kappa shape index (κ1) is 12.1. The highest BCUT2D eigenvalue weighted by Crippen LogP contribution is 2.30. The fourth-order valence-corrected chi connectivity index (χ4v) is 2.98. The number of fused-ring (bicyclic) bond motifs is 1. The zero-order chi connectivity index (χ0) is 12.6. The molecule has 0 aromatic heterocycles. The lowest BCUT2D eigenvalue weighted by atomic mass is 10.0. The molecule has 1 aliphatic heterocycles. The average molecular weight is 246 g/mol. The summed E-state index contributed by atoms with van der Waals surface area (Å²) in [5.74, 6) is 0.858. The van der Waals surface area contributed by atoms with Crippen molar-refractivity contribution in [1.29, 1.82) is 0 Å². The van der Waals surface area contributed by atoms with Crippen molar-refractivity contribution in [3.8, 4) is 5.75 Å². The maximum Gasteiger partial charge on any atom is 0.195 e. The van der Waals surface area contributed by atoms with Crippen molar-refractivity contribution in [1.82, 2.24) is 0 Å². The second kappa shape index (κ2) is 4.15. The molecule has 0 bridgehead atoms. The highest BCUT2D eigenvalue weighted by molar-refractivity contribution is 6.83. The van der Waals surface area contributed by atoms with Gasteiger partial charge >= 0.3 is 0 Å². The van der Waals surface area contributed by atoms with Crippen LogP contribution in [0.25, 0.3) is 0 Å². The van der Waals surface area contributed by atoms with Crippen LogP contribution < -0.4 is 4.74 Å². The molecule has 0 N–H and O–H groups in total. The van der Waals surface area contributed by atoms with Crippen LogP contribution in [0, 0.1) is 0 Å². The van der Waals surface area contributed by atoms with Crippen LogP contribution in [0.2, 0.25) is 19.6 Å². The summed E-state index contributed by atoms with van der Waals surface area (Å²) in [7, 11) is -1.43. The molecule has 0 saturated carbocycles. The van der Waals surface area contributed by atoms with Gasteiger partial charge in [0, 0.05) is 5.57 Å². The minimum absolute atomic E-state index is 0.145. The number of hydrogen-bond acceptors (Lipinski definition) is 2. The van der Waals surface area contributed by atoms with Gasteiger partial charge in [-0.2, -0.15) is 0 Å². The number of para-hydroxylation sites is 1. The number of rotatable bonds is 1. The van der Waals surface area contributed by atoms with Crippen molar-refractivity contribution in [3.63, 3.8) is 0 Å². The van der Waals surface area contributed by atoms with E-state index in [1.54, 1.807) is 0 Å². The molecule has 0 aliphatic carbocycles. The van der Waals surface area contributed by atoms with Crippen molar-refractivity contribution in [2.75, 3.05) is 6.61 Å². The summed E-state index contributed by atoms with van der Waals surface area (Å²) in [6.45, 7) is 9.26. The van der Waals surface area contributed by atoms with Gasteiger partial charge in [-0.25, -0.2) is 0 Å². The largest absolute Gasteiger partial charge is 0.488 e. The molecule has 0 amide bonds. The monoisotopic (exact) mass is 246 g/mol. The molecule has 90 valence electrons. The molecule has 1 heterocycles. The summed E-state index contributed by atoms with van der Waals surface area (Å²) >= 11 is 0. The topological polar surface area (TPSA) is 26.3 Å². The maximum absolute atomic E-state index is 12.4. The Balaban J connectivity index is 2.49. The Labute approximate surface area is 103 Å². The van der Waals surface area contributed by atoms with Crippen LogP contribution in [0.5, 0.6) is 5.75 Å². The van der Waals surface area contributed by atoms with Gasteiger partial charge < -0.3 is 4.74 Å². The van der Waals surface area contributed by atoms with Crippen molar-refractivity contribution in [2.45, 2.75) is 26.6 Å². The third kappa shape index (κ3) is 2.20. The van der Waals surface area contributed by atoms with E-state index in [1.807, 2.05) is 24.3 Å². The molecule has 0 radical (unpaired) electrons. The number of carbonyl (C=O) groups is 1. The van der Waals surface area contributed by atoms with Gasteiger partial charge in [0.15, 0.2) is 5.78 Å². The van der Waals surface area contributed by atoms with Gasteiger partial charge in [0.05, 0.1) is 13.6 Å². The number of Topliss-reactive ketones (excluding diaryl/α,β-unsaturated/α-hetero) is 1. The molecule has 1 aromatic rings. The smallest absolute Gasteiger partial charge is 0.195 e. The van der Waals surface area contributed by atoms with E-state index in [0.29, 0.717) is 17.9 Å². The molecule has 1 aromatic carbocycles. The molecule has 3 heteroatoms. The van der Waals surface area contributed by atoms with Crippen LogP contribution in [0.3, 0.4) is 0 Å². The summed E-state index contributed by atoms with van der Waals surface area (Å²) in [6, 6.07) is 7.47. The Morgan fingerprint density at radius 3 is 2.53 bits per heavy atom. The molecule has 1 aliphatic rings. The van der Waals surface area contributed by atoms with Crippen LogP contribution in [0.4, 0.5) is 0 Å². The van der Waals surface area contributed by atoms with Crippen LogP contribution in [-0.4, -0.2) is 20.5 Å². The number of hydrogen-bond donors (Lipinski definition) is 0. The summed E-state index contributed by atoms with van der Waals surface area (Å²) in [5, 5.41) is 1.25. The van der Waals surface area contributed by atoms with Gasteiger partial charge in [0.1, 0.15) is 12.4 Å². The van der Waals surface area contributed by atoms with Gasteiger partial charge in [0.2, 0.25) is 0 Å². The summed E-state index contributed by atoms with van der Waals surface area (Å²) in [5.41, 5.74) is 1.56. The standard InChI is InChI=1S/C14H18O2Si/c1-10(17(2,3)4)12-9-16-13-8-6-5-7-11(13)14(12)15/h5-8H,9H2,1-4H3/b12-10-. The van der Waals surface area contributed by atoms with Crippen LogP contribution in [-0.2, 0) is 0 Å². The molecule has 0 saturated heterocycles. The Kier molecular flexibility index (Phi) is 2.95. The second-order valence-corrected chi connectivity index (χ2v) is 10.7. The van der Waals surface area contributed by atoms with Crippen molar-refractivity contribution < 1.29 is 9.53 Å². The van der Waals surface area contributed by atoms with Crippen molar-refractivity contribution in [2.24, 2.45) is 0 Å². The number of ketones is 1. The molecule has 2 nitrogen and oxygen atoms in total. The van der Waals surface area contributed by atoms with E-state index in [9.17, 15) is 4.79 Å². The highest BCUT2D eigenvalue weighted by Gasteiger charge is 2.28. The van der Waals surface area contributed by atoms with E-state index in [2.05, 4.69) is 26.6 Å². The Hall–Kier alpha value is -1.35. The molecule has 0 unspecified atom stereocenters. The average Bonchev–Trinajstić information content (AvgIpc) is 2.28. The lowest BCUT2D eigenvalue weighted by Gasteiger charge is -2.25. The summed E-state index contributed by atoms with van der Waals surface area (Å²) < 4.78 is 5.67. The van der Waals surface area contributed by atoms with E-state index < -0.39 is 8.07 Å². The molecule has 0 atom stereocenters. The summed E-state index contributed by atoms with van der Waals surface area (Å²) in [4.78, 5) is 12.4. The number of carbonyl (C=O) groups excluding carboxylic acids is 1. The van der Waals surface area contributed by atoms with Crippen molar-refractivity contribution >= 4 is 13.9 Å². The quantitative estimate of drug-likeness (QED) is 0.560. The van der Waals surface area contributed by atoms with Crippen LogP contribution in [0.1, 0.15) is 17.3 Å². The molecule has 2 rings (SSSR count). The fourth-order valence-electron chi connectivity index (χ4n) is 1.89. The molecule has 0 spiro atoms. The molecule has 17 heavy (non-hydrogen) atoms. The zero-order valence-corrected chi connectivity index (χ0v) is 11.8. The summed E-state index contributed by atoms with van der Waals surface area (Å²) in [6.07, 6.45) is 0. The van der Waals surface area contributed by atoms with E-state index in [4.69, 9.17) is 4.74 Å². The minimum atomic E-state index is -1.43. The number of allylic oxidation sites excluding steroid dienone is 1. The van der Waals surface area contributed by atoms with Gasteiger partial charge in [-0.05, 0) is 19.1 Å². The maximum atomic E-state index is 12.4. The van der Waals surface area contributed by atoms with Gasteiger partial charge in [-0.1, -0.05) is 37.0 Å². The minimum Gasteiger partial charge on any atom is -0.488 e. The van der Waals surface area contributed by atoms with Crippen LogP contribution >= 0.6 is 0 Å². The van der Waals surface area contributed by atoms with E-state index in [1.165, 1.54) is 5.20 Å². The number of benzene rings is 1. The van der Waals surface area contributed by atoms with Gasteiger partial charge in [-0.15, -0.1) is 0 Å². The molecular weight excluding hydrogens is 228 g/mol. The van der Waals surface area contributed by atoms with Crippen LogP contribution in [0.15, 0.2) is 35.0 Å². The third-order valence-corrected chi connectivity index (χ3v) is 5.91. The normalized spacial score (nSPS) is 18.5. The third-order valence-electron chi connectivity index (χ3n) is 3.36. The van der Waals surface area contributed by atoms with Crippen molar-refractivity contribution in [3.05, 3.63) is 40.6 Å². The first-order valence-electron chi connectivity index (χ1n) is 5.88. The Bertz CT molecular complexity index is 495. The molecule has 0 fully saturated rings. The lowest BCUT2D eigenvalue weighted by Crippen LogP contribution is -2.29. The fraction of sp³-hybridized carbons (Fsp3) is 0.357. The van der Waals surface area contributed by atoms with E-state index in [0.717, 1.165) is 5.57 Å². The SMILES string of the molecule is C/C(=C1\COc2ccccc2C1=O)[Si](C)(C)C.